The third-order valence-corrected chi connectivity index (χ3v) is 19.2. The van der Waals surface area contributed by atoms with Crippen LogP contribution < -0.4 is 74.9 Å². The highest BCUT2D eigenvalue weighted by atomic mass is 35.5. The molecule has 0 radical (unpaired) electrons. The number of aliphatic hydroxyl groups is 1. The number of nitrogens with zero attached hydrogens (tertiary/aromatic N) is 3. The Kier molecular flexibility index (Phi) is 32.7. The van der Waals surface area contributed by atoms with E-state index in [1.807, 2.05) is 56.3 Å². The highest BCUT2D eigenvalue weighted by Crippen LogP contribution is 2.23. The van der Waals surface area contributed by atoms with Gasteiger partial charge in [0.05, 0.1) is 13.0 Å². The normalized spacial score (nSPS) is 16.4. The van der Waals surface area contributed by atoms with Gasteiger partial charge in [-0.3, -0.25) is 77.6 Å². The van der Waals surface area contributed by atoms with Crippen LogP contribution in [0.5, 0.6) is 0 Å². The highest BCUT2D eigenvalue weighted by Gasteiger charge is 2.41. The number of hydrogen-bond acceptors (Lipinski definition) is 18. The summed E-state index contributed by atoms with van der Waals surface area (Å²) in [7, 11) is 0. The van der Waals surface area contributed by atoms with Crippen LogP contribution in [0.4, 0.5) is 10.5 Å². The van der Waals surface area contributed by atoms with Gasteiger partial charge in [0, 0.05) is 87.1 Å². The highest BCUT2D eigenvalue weighted by molar-refractivity contribution is 6.30. The molecule has 33 heteroatoms. The van der Waals surface area contributed by atoms with Gasteiger partial charge in [0.25, 0.3) is 0 Å². The fourth-order valence-electron chi connectivity index (χ4n) is 13.0. The Morgan fingerprint density at radius 3 is 1.55 bits per heavy atom. The zero-order chi connectivity index (χ0) is 81.8. The van der Waals surface area contributed by atoms with E-state index in [-0.39, 0.29) is 75.6 Å². The molecule has 602 valence electrons. The topological polar surface area (TPSA) is 471 Å². The number of pyridine rings is 2. The van der Waals surface area contributed by atoms with Gasteiger partial charge in [-0.25, -0.2) is 4.79 Å². The zero-order valence-electron chi connectivity index (χ0n) is 63.9. The van der Waals surface area contributed by atoms with E-state index < -0.39 is 162 Å². The van der Waals surface area contributed by atoms with Gasteiger partial charge in [0.15, 0.2) is 0 Å². The number of fused-ring (bicyclic) bond motifs is 1. The Morgan fingerprint density at radius 1 is 0.549 bits per heavy atom. The summed E-state index contributed by atoms with van der Waals surface area (Å²) in [6, 6.07) is 16.0. The summed E-state index contributed by atoms with van der Waals surface area (Å²) in [6.45, 7) is 9.90. The van der Waals surface area contributed by atoms with Crippen LogP contribution in [-0.2, 0) is 94.4 Å². The van der Waals surface area contributed by atoms with Crippen molar-refractivity contribution in [3.05, 3.63) is 173 Å². The van der Waals surface area contributed by atoms with Gasteiger partial charge >= 0.3 is 6.03 Å². The maximum Gasteiger partial charge on any atom is 0.322 e. The number of carbonyl (C=O) groups is 14. The minimum Gasteiger partial charge on any atom is -0.394 e. The molecule has 2 fully saturated rings. The number of imide groups is 1. The molecular weight excluding hydrogens is 1470 g/mol. The standard InChI is InChI=1S/C80H100ClN17O15/c1-45(2)34-59(71(104)89-58(18-9-10-32-85-46(3)4)79(112)98-33-13-19-67(98)78(111)86-47(5)69(82)102)90-75(108)63(39-52-14-11-30-83-42-52)92-74(107)62(37-50-23-28-57(29-24-50)88-70(103)65-41-68(101)97-80(113)96-65)94-77(110)66(44-99)95-76(109)64(40-53-15-12-31-84-43-53)93-73(106)61(36-49-21-26-56(81)27-22-49)91-72(105)60(87-48(6)100)38-51-20-25-54-16-7-8-17-55(54)35-51/h7-8,11-12,14-17,20-31,35,42-43,45-47,58-67,85,99H,9-10,13,18-19,32-34,36-41,44H2,1-6H3,(H2,82,102)(H,86,111)(H,87,100)(H,88,103)(H,89,104)(H,90,108)(H,91,105)(H,92,107)(H,93,106)(H,94,110)(H,95,109)(H2,96,97,101,113)/t47-,58+,59+,60-,61-,62+,63-,64-,65-,66+,67+/m1/s1. The molecule has 0 spiro atoms. The molecule has 4 aromatic carbocycles. The number of hydrogen-bond donors (Lipinski definition) is 15. The Hall–Kier alpha value is -11.8. The molecule has 0 unspecified atom stereocenters. The van der Waals surface area contributed by atoms with E-state index in [9.17, 15) is 62.6 Å². The average Bonchev–Trinajstić information content (AvgIpc) is 1.78. The van der Waals surface area contributed by atoms with Crippen molar-refractivity contribution in [2.75, 3.05) is 25.0 Å². The minimum atomic E-state index is -1.89. The van der Waals surface area contributed by atoms with Gasteiger partial charge in [-0.2, -0.15) is 0 Å². The van der Waals surface area contributed by atoms with Gasteiger partial charge in [-0.15, -0.1) is 0 Å². The summed E-state index contributed by atoms with van der Waals surface area (Å²) in [5.41, 5.74) is 8.03. The van der Waals surface area contributed by atoms with Crippen LogP contribution in [0.2, 0.25) is 5.02 Å². The first-order valence-corrected chi connectivity index (χ1v) is 38.0. The second-order valence-electron chi connectivity index (χ2n) is 28.9. The van der Waals surface area contributed by atoms with Crippen molar-refractivity contribution in [3.63, 3.8) is 0 Å². The lowest BCUT2D eigenvalue weighted by Gasteiger charge is -2.31. The largest absolute Gasteiger partial charge is 0.394 e. The molecule has 0 aliphatic carbocycles. The fraction of sp³-hybridized carbons (Fsp3) is 0.425. The van der Waals surface area contributed by atoms with Crippen molar-refractivity contribution in [2.45, 2.75) is 191 Å². The van der Waals surface area contributed by atoms with E-state index in [1.54, 1.807) is 62.4 Å². The predicted molar refractivity (Wildman–Crippen MR) is 419 cm³/mol. The summed E-state index contributed by atoms with van der Waals surface area (Å²) in [5, 5.41) is 48.0. The number of likely N-dealkylation sites (tertiary alicyclic amines) is 1. The van der Waals surface area contributed by atoms with Crippen molar-refractivity contribution in [1.82, 2.24) is 78.7 Å². The smallest absolute Gasteiger partial charge is 0.322 e. The number of rotatable bonds is 40. The van der Waals surface area contributed by atoms with Crippen LogP contribution >= 0.6 is 11.6 Å². The number of aliphatic hydroxyl groups excluding tert-OH is 1. The molecular formula is C80H100ClN17O15. The number of unbranched alkanes of at least 4 members (excludes halogenated alkanes) is 1. The molecule has 8 rings (SSSR count). The zero-order valence-corrected chi connectivity index (χ0v) is 64.6. The van der Waals surface area contributed by atoms with Crippen molar-refractivity contribution >= 4 is 111 Å². The molecule has 113 heavy (non-hydrogen) atoms. The number of amides is 15. The molecule has 32 nitrogen and oxygen atoms in total. The van der Waals surface area contributed by atoms with E-state index in [1.165, 1.54) is 67.8 Å². The maximum atomic E-state index is 15.3. The van der Waals surface area contributed by atoms with Crippen LogP contribution in [0.15, 0.2) is 140 Å². The van der Waals surface area contributed by atoms with Crippen molar-refractivity contribution < 1.29 is 72.2 Å². The second kappa shape index (κ2) is 42.6. The Bertz CT molecular complexity index is 4330. The molecule has 11 atom stereocenters. The molecule has 4 heterocycles. The van der Waals surface area contributed by atoms with Gasteiger partial charge in [0.2, 0.25) is 76.8 Å². The Labute approximate surface area is 659 Å². The number of halogens is 1. The lowest BCUT2D eigenvalue weighted by Crippen LogP contribution is -2.62. The quantitative estimate of drug-likeness (QED) is 0.0242. The van der Waals surface area contributed by atoms with Crippen molar-refractivity contribution in [3.8, 4) is 0 Å². The molecule has 2 aromatic heterocycles. The summed E-state index contributed by atoms with van der Waals surface area (Å²) in [4.78, 5) is 205. The Balaban J connectivity index is 1.07. The van der Waals surface area contributed by atoms with E-state index in [0.29, 0.717) is 58.6 Å². The monoisotopic (exact) mass is 1570 g/mol. The van der Waals surface area contributed by atoms with Crippen molar-refractivity contribution in [1.29, 1.82) is 0 Å². The van der Waals surface area contributed by atoms with Crippen LogP contribution in [0.25, 0.3) is 10.8 Å². The van der Waals surface area contributed by atoms with Gasteiger partial charge in [-0.05, 0) is 133 Å². The molecule has 15 amide bonds. The summed E-state index contributed by atoms with van der Waals surface area (Å²) < 4.78 is 0. The number of benzene rings is 4. The number of nitrogens with two attached hydrogens (primary N) is 1. The van der Waals surface area contributed by atoms with Crippen LogP contribution in [0, 0.1) is 5.92 Å². The first kappa shape index (κ1) is 86.8. The molecule has 0 bridgehead atoms. The van der Waals surface area contributed by atoms with E-state index >= 15 is 9.59 Å². The van der Waals surface area contributed by atoms with E-state index in [0.717, 1.165) is 10.8 Å². The molecule has 6 aromatic rings. The van der Waals surface area contributed by atoms with Crippen LogP contribution in [0.1, 0.15) is 114 Å². The van der Waals surface area contributed by atoms with Gasteiger partial charge in [0.1, 0.15) is 66.5 Å². The number of carbonyl (C=O) groups excluding carboxylic acids is 14. The van der Waals surface area contributed by atoms with Crippen LogP contribution in [-0.4, -0.2) is 195 Å². The third kappa shape index (κ3) is 27.3. The molecule has 2 saturated heterocycles. The third-order valence-electron chi connectivity index (χ3n) is 18.9. The molecule has 2 aliphatic rings. The summed E-state index contributed by atoms with van der Waals surface area (Å²) in [5.74, 6) is -10.6. The predicted octanol–water partition coefficient (Wildman–Crippen LogP) is 1.42. The fourth-order valence-corrected chi connectivity index (χ4v) is 13.1. The first-order chi connectivity index (χ1) is 54.0. The maximum absolute atomic E-state index is 15.3. The lowest BCUT2D eigenvalue weighted by molar-refractivity contribution is -0.142. The number of anilines is 1. The Morgan fingerprint density at radius 2 is 1.04 bits per heavy atom. The molecule has 2 aliphatic heterocycles. The van der Waals surface area contributed by atoms with Crippen LogP contribution in [0.3, 0.4) is 0 Å². The SMILES string of the molecule is CC(=O)N[C@H](Cc1ccc2ccccc2c1)C(=O)N[C@H](Cc1ccc(Cl)cc1)C(=O)N[C@H](Cc1cccnc1)C(=O)N[C@@H](CO)C(=O)N[C@@H](Cc1ccc(NC(=O)[C@H]2CC(=O)NC(=O)N2)cc1)C(=O)N[C@H](Cc1cccnc1)C(=O)N[C@@H](CC(C)C)C(=O)N[C@@H](CCCCNC(C)C)C(=O)N1CCC[C@H]1C(=O)N[C@H](C)C(N)=O. The molecule has 16 N–H and O–H groups in total. The number of urea groups is 1. The number of aromatic nitrogens is 2. The average molecular weight is 1580 g/mol. The van der Waals surface area contributed by atoms with Gasteiger partial charge in [-0.1, -0.05) is 118 Å². The van der Waals surface area contributed by atoms with Gasteiger partial charge < -0.3 is 79.5 Å². The van der Waals surface area contributed by atoms with E-state index in [2.05, 4.69) is 79.1 Å². The van der Waals surface area contributed by atoms with E-state index in [4.69, 9.17) is 17.3 Å². The number of primary amides is 1. The number of nitrogens with one attached hydrogen (secondary N) is 13. The minimum absolute atomic E-state index is 0.0130. The summed E-state index contributed by atoms with van der Waals surface area (Å²) in [6.07, 6.45) is 6.33. The molecule has 0 saturated carbocycles. The second-order valence-corrected chi connectivity index (χ2v) is 29.4. The summed E-state index contributed by atoms with van der Waals surface area (Å²) >= 11 is 6.26. The van der Waals surface area contributed by atoms with Crippen molar-refractivity contribution in [2.24, 2.45) is 11.7 Å². The first-order valence-electron chi connectivity index (χ1n) is 37.6. The lowest BCUT2D eigenvalue weighted by atomic mass is 9.99.